The van der Waals surface area contributed by atoms with Crippen LogP contribution in [-0.2, 0) is 10.8 Å². The average molecular weight is 841 g/mol. The summed E-state index contributed by atoms with van der Waals surface area (Å²) in [6.45, 7) is 4.76. The lowest BCUT2D eigenvalue weighted by Gasteiger charge is -2.40. The van der Waals surface area contributed by atoms with Crippen LogP contribution in [-0.4, -0.2) is 4.57 Å². The van der Waals surface area contributed by atoms with Gasteiger partial charge in [0.25, 0.3) is 0 Å². The third kappa shape index (κ3) is 4.85. The van der Waals surface area contributed by atoms with Gasteiger partial charge in [-0.15, -0.1) is 0 Å². The first-order valence-electron chi connectivity index (χ1n) is 23.2. The Morgan fingerprint density at radius 1 is 0.348 bits per heavy atom. The molecule has 1 spiro atoms. The molecule has 1 unspecified atom stereocenters. The molecular formula is C64H44N2. The maximum Gasteiger partial charge on any atom is 0.0755 e. The van der Waals surface area contributed by atoms with Crippen LogP contribution in [0.5, 0.6) is 0 Å². The molecule has 0 amide bonds. The largest absolute Gasteiger partial charge is 0.310 e. The Balaban J connectivity index is 1.07. The highest BCUT2D eigenvalue weighted by molar-refractivity contribution is 6.13. The second kappa shape index (κ2) is 13.7. The number of rotatable bonds is 5. The Hall–Kier alpha value is -8.20. The van der Waals surface area contributed by atoms with Crippen LogP contribution in [0.25, 0.3) is 72.0 Å². The summed E-state index contributed by atoms with van der Waals surface area (Å²) in [4.78, 5) is 2.54. The molecule has 2 aliphatic carbocycles. The van der Waals surface area contributed by atoms with E-state index in [9.17, 15) is 0 Å². The van der Waals surface area contributed by atoms with Gasteiger partial charge in [-0.05, 0) is 115 Å². The Bertz CT molecular complexity index is 3810. The number of hydrogen-bond acceptors (Lipinski definition) is 1. The summed E-state index contributed by atoms with van der Waals surface area (Å²) < 4.78 is 2.53. The number of benzene rings is 10. The van der Waals surface area contributed by atoms with Crippen molar-refractivity contribution in [2.24, 2.45) is 0 Å². The molecule has 1 aliphatic heterocycles. The molecule has 2 heterocycles. The zero-order valence-electron chi connectivity index (χ0n) is 36.8. The van der Waals surface area contributed by atoms with Crippen molar-refractivity contribution in [2.75, 3.05) is 4.90 Å². The third-order valence-corrected chi connectivity index (χ3v) is 15.2. The number of fused-ring (bicyclic) bond motifs is 15. The maximum atomic E-state index is 2.54. The molecule has 310 valence electrons. The predicted molar refractivity (Wildman–Crippen MR) is 275 cm³/mol. The first kappa shape index (κ1) is 37.2. The minimum atomic E-state index is -0.574. The van der Waals surface area contributed by atoms with Crippen molar-refractivity contribution in [1.29, 1.82) is 0 Å². The molecule has 0 N–H and O–H groups in total. The number of aromatic nitrogens is 1. The third-order valence-electron chi connectivity index (χ3n) is 15.2. The maximum absolute atomic E-state index is 2.54. The van der Waals surface area contributed by atoms with Crippen LogP contribution >= 0.6 is 0 Å². The summed E-state index contributed by atoms with van der Waals surface area (Å²) >= 11 is 0. The first-order valence-corrected chi connectivity index (χ1v) is 23.2. The zero-order chi connectivity index (χ0) is 43.7. The minimum absolute atomic E-state index is 0.167. The fourth-order valence-electron chi connectivity index (χ4n) is 12.4. The zero-order valence-corrected chi connectivity index (χ0v) is 36.8. The van der Waals surface area contributed by atoms with Crippen molar-refractivity contribution in [3.63, 3.8) is 0 Å². The van der Waals surface area contributed by atoms with Gasteiger partial charge in [0.1, 0.15) is 0 Å². The van der Waals surface area contributed by atoms with E-state index < -0.39 is 5.41 Å². The van der Waals surface area contributed by atoms with Crippen LogP contribution in [0.2, 0.25) is 0 Å². The van der Waals surface area contributed by atoms with Crippen molar-refractivity contribution in [3.05, 3.63) is 264 Å². The standard InChI is InChI=1S/C64H44N2/c1-63(2)53-28-12-8-23-46(53)48-37-35-42(39-57(48)63)65(59-32-15-10-25-50(59)45-22-7-6-21-44(45)41-19-4-3-5-20-41)43-36-38-49-47-24-9-13-29-54(47)64(58(49)40-43)55-30-14-17-34-61(55)66-60-33-16-11-26-51(60)52-27-18-31-56(64)62(52)66/h3-40H,1-2H3. The number of nitrogens with zero attached hydrogens (tertiary/aromatic N) is 2. The van der Waals surface area contributed by atoms with E-state index in [-0.39, 0.29) is 5.41 Å². The highest BCUT2D eigenvalue weighted by Gasteiger charge is 2.51. The topological polar surface area (TPSA) is 8.17 Å². The molecule has 0 saturated carbocycles. The number of hydrogen-bond donors (Lipinski definition) is 0. The summed E-state index contributed by atoms with van der Waals surface area (Å²) in [7, 11) is 0. The number of anilines is 3. The lowest BCUT2D eigenvalue weighted by molar-refractivity contribution is 0.660. The molecule has 11 aromatic rings. The predicted octanol–water partition coefficient (Wildman–Crippen LogP) is 16.6. The second-order valence-corrected chi connectivity index (χ2v) is 18.8. The lowest BCUT2D eigenvalue weighted by Crippen LogP contribution is -2.33. The number of para-hydroxylation sites is 4. The molecule has 2 heteroatoms. The molecule has 1 aromatic heterocycles. The molecule has 3 aliphatic rings. The van der Waals surface area contributed by atoms with Gasteiger partial charge >= 0.3 is 0 Å². The van der Waals surface area contributed by atoms with Gasteiger partial charge in [0.15, 0.2) is 0 Å². The normalized spacial score (nSPS) is 15.6. The van der Waals surface area contributed by atoms with Crippen molar-refractivity contribution >= 4 is 38.9 Å². The molecule has 14 rings (SSSR count). The Labute approximate surface area is 385 Å². The van der Waals surface area contributed by atoms with Crippen molar-refractivity contribution < 1.29 is 0 Å². The van der Waals surface area contributed by atoms with Gasteiger partial charge in [-0.2, -0.15) is 0 Å². The van der Waals surface area contributed by atoms with E-state index in [4.69, 9.17) is 0 Å². The summed E-state index contributed by atoms with van der Waals surface area (Å²) in [5.41, 5.74) is 24.4. The molecule has 0 radical (unpaired) electrons. The second-order valence-electron chi connectivity index (χ2n) is 18.8. The molecule has 0 saturated heterocycles. The van der Waals surface area contributed by atoms with Crippen molar-refractivity contribution in [3.8, 4) is 50.2 Å². The van der Waals surface area contributed by atoms with E-state index in [0.29, 0.717) is 0 Å². The van der Waals surface area contributed by atoms with Gasteiger partial charge in [0.05, 0.1) is 27.8 Å². The van der Waals surface area contributed by atoms with Gasteiger partial charge in [-0.3, -0.25) is 0 Å². The van der Waals surface area contributed by atoms with E-state index >= 15 is 0 Å². The van der Waals surface area contributed by atoms with E-state index in [0.717, 1.165) is 17.1 Å². The molecular weight excluding hydrogens is 797 g/mol. The minimum Gasteiger partial charge on any atom is -0.310 e. The SMILES string of the molecule is CC1(C)c2ccccc2-c2ccc(N(c3ccc4c(c3)C3(c5ccccc5-4)c4ccccc4-n4c5ccccc5c5cccc3c54)c3ccccc3-c3ccccc3-c3ccccc3)cc21. The van der Waals surface area contributed by atoms with Crippen molar-refractivity contribution in [2.45, 2.75) is 24.7 Å². The van der Waals surface area contributed by atoms with Crippen LogP contribution in [0.3, 0.4) is 0 Å². The average Bonchev–Trinajstić information content (AvgIpc) is 3.95. The molecule has 66 heavy (non-hydrogen) atoms. The molecule has 1 atom stereocenters. The first-order chi connectivity index (χ1) is 32.5. The van der Waals surface area contributed by atoms with Crippen LogP contribution < -0.4 is 4.90 Å². The van der Waals surface area contributed by atoms with Gasteiger partial charge in [0.2, 0.25) is 0 Å². The highest BCUT2D eigenvalue weighted by atomic mass is 15.1. The Morgan fingerprint density at radius 3 is 1.67 bits per heavy atom. The van der Waals surface area contributed by atoms with E-state index in [1.807, 2.05) is 0 Å². The Kier molecular flexibility index (Phi) is 7.70. The van der Waals surface area contributed by atoms with Gasteiger partial charge in [-0.1, -0.05) is 202 Å². The van der Waals surface area contributed by atoms with Crippen LogP contribution in [0, 0.1) is 0 Å². The summed E-state index contributed by atoms with van der Waals surface area (Å²) in [5.74, 6) is 0. The van der Waals surface area contributed by atoms with E-state index in [1.165, 1.54) is 105 Å². The Morgan fingerprint density at radius 2 is 0.879 bits per heavy atom. The van der Waals surface area contributed by atoms with E-state index in [1.54, 1.807) is 0 Å². The smallest absolute Gasteiger partial charge is 0.0755 e. The molecule has 10 aromatic carbocycles. The van der Waals surface area contributed by atoms with Crippen LogP contribution in [0.1, 0.15) is 47.2 Å². The molecule has 2 nitrogen and oxygen atoms in total. The monoisotopic (exact) mass is 840 g/mol. The fraction of sp³-hybridized carbons (Fsp3) is 0.0625. The summed E-state index contributed by atoms with van der Waals surface area (Å²) in [6.07, 6.45) is 0. The lowest BCUT2D eigenvalue weighted by atomic mass is 9.65. The highest BCUT2D eigenvalue weighted by Crippen LogP contribution is 2.62. The van der Waals surface area contributed by atoms with Crippen LogP contribution in [0.4, 0.5) is 17.1 Å². The van der Waals surface area contributed by atoms with Crippen molar-refractivity contribution in [1.82, 2.24) is 4.57 Å². The van der Waals surface area contributed by atoms with Gasteiger partial charge in [0, 0.05) is 33.1 Å². The summed E-state index contributed by atoms with van der Waals surface area (Å²) in [5, 5.41) is 2.56. The quantitative estimate of drug-likeness (QED) is 0.168. The van der Waals surface area contributed by atoms with Gasteiger partial charge in [-0.25, -0.2) is 0 Å². The fourth-order valence-corrected chi connectivity index (χ4v) is 12.4. The van der Waals surface area contributed by atoms with Crippen LogP contribution in [0.15, 0.2) is 231 Å². The van der Waals surface area contributed by atoms with Gasteiger partial charge < -0.3 is 9.47 Å². The van der Waals surface area contributed by atoms with E-state index in [2.05, 4.69) is 254 Å². The summed E-state index contributed by atoms with van der Waals surface area (Å²) in [6, 6.07) is 86.4. The molecule has 0 fully saturated rings. The molecule has 0 bridgehead atoms.